The van der Waals surface area contributed by atoms with Crippen molar-refractivity contribution in [1.29, 1.82) is 0 Å². The number of carbonyl (C=O) groups excluding carboxylic acids is 2. The highest BCUT2D eigenvalue weighted by Crippen LogP contribution is 1.93. The van der Waals surface area contributed by atoms with Gasteiger partial charge in [-0.2, -0.15) is 0 Å². The van der Waals surface area contributed by atoms with Crippen molar-refractivity contribution < 1.29 is 24.6 Å². The van der Waals surface area contributed by atoms with Gasteiger partial charge in [0.05, 0.1) is 0 Å². The Morgan fingerprint density at radius 3 is 2.38 bits per heavy atom. The van der Waals surface area contributed by atoms with E-state index in [4.69, 9.17) is 15.9 Å². The Labute approximate surface area is 92.0 Å². The number of carbonyl (C=O) groups is 3. The molecule has 0 rings (SSSR count). The van der Waals surface area contributed by atoms with Crippen LogP contribution in [0.4, 0.5) is 4.79 Å². The largest absolute Gasteiger partial charge is 0.480 e. The number of nitrogens with one attached hydrogen (secondary N) is 1. The van der Waals surface area contributed by atoms with E-state index in [-0.39, 0.29) is 19.6 Å². The summed E-state index contributed by atoms with van der Waals surface area (Å²) in [6.45, 7) is -0.673. The zero-order valence-corrected chi connectivity index (χ0v) is 8.84. The van der Waals surface area contributed by atoms with E-state index < -0.39 is 23.9 Å². The highest BCUT2D eigenvalue weighted by Gasteiger charge is 2.21. The number of primary amides is 1. The Kier molecular flexibility index (Phi) is 5.86. The number of aliphatic hydroxyl groups excluding tert-OH is 1. The zero-order chi connectivity index (χ0) is 12.7. The Bertz CT molecular complexity index is 281. The molecule has 0 saturated carbocycles. The quantitative estimate of drug-likeness (QED) is 0.419. The van der Waals surface area contributed by atoms with Crippen molar-refractivity contribution in [1.82, 2.24) is 10.2 Å². The molecular weight excluding hydrogens is 218 g/mol. The minimum atomic E-state index is -1.25. The van der Waals surface area contributed by atoms with Gasteiger partial charge in [0.1, 0.15) is 12.6 Å². The lowest BCUT2D eigenvalue weighted by Gasteiger charge is -2.19. The molecule has 0 aromatic heterocycles. The van der Waals surface area contributed by atoms with Crippen LogP contribution < -0.4 is 11.1 Å². The van der Waals surface area contributed by atoms with Crippen molar-refractivity contribution in [2.45, 2.75) is 12.5 Å². The average molecular weight is 233 g/mol. The van der Waals surface area contributed by atoms with E-state index in [2.05, 4.69) is 5.32 Å². The fourth-order valence-electron chi connectivity index (χ4n) is 0.951. The third kappa shape index (κ3) is 5.15. The molecule has 0 aliphatic carbocycles. The molecule has 0 heterocycles. The highest BCUT2D eigenvalue weighted by atomic mass is 16.4. The predicted octanol–water partition coefficient (Wildman–Crippen LogP) is -2.05. The third-order valence-electron chi connectivity index (χ3n) is 1.75. The molecule has 8 heteroatoms. The highest BCUT2D eigenvalue weighted by molar-refractivity contribution is 5.85. The van der Waals surface area contributed by atoms with Gasteiger partial charge in [0.2, 0.25) is 5.91 Å². The molecule has 0 aliphatic heterocycles. The fourth-order valence-corrected chi connectivity index (χ4v) is 0.951. The van der Waals surface area contributed by atoms with E-state index in [1.807, 2.05) is 0 Å². The van der Waals surface area contributed by atoms with Gasteiger partial charge in [0.15, 0.2) is 0 Å². The SMILES string of the molecule is CN(CC(N)=O)C(=O)N[C@H](CCO)C(=O)O. The average Bonchev–Trinajstić information content (AvgIpc) is 2.15. The van der Waals surface area contributed by atoms with E-state index in [1.165, 1.54) is 7.05 Å². The molecule has 0 unspecified atom stereocenters. The number of nitrogens with zero attached hydrogens (tertiary/aromatic N) is 1. The van der Waals surface area contributed by atoms with Crippen LogP contribution in [0.15, 0.2) is 0 Å². The van der Waals surface area contributed by atoms with Gasteiger partial charge in [-0.3, -0.25) is 4.79 Å². The Hall–Kier alpha value is -1.83. The summed E-state index contributed by atoms with van der Waals surface area (Å²) < 4.78 is 0. The molecule has 92 valence electrons. The van der Waals surface area contributed by atoms with Crippen molar-refractivity contribution in [3.8, 4) is 0 Å². The fraction of sp³-hybridized carbons (Fsp3) is 0.625. The number of amides is 3. The van der Waals surface area contributed by atoms with Crippen molar-refractivity contribution in [3.63, 3.8) is 0 Å². The minimum Gasteiger partial charge on any atom is -0.480 e. The van der Waals surface area contributed by atoms with Crippen LogP contribution in [0, 0.1) is 0 Å². The van der Waals surface area contributed by atoms with Gasteiger partial charge in [0, 0.05) is 20.1 Å². The van der Waals surface area contributed by atoms with Gasteiger partial charge in [0.25, 0.3) is 0 Å². The first-order chi connectivity index (χ1) is 7.38. The van der Waals surface area contributed by atoms with Gasteiger partial charge in [-0.05, 0) is 0 Å². The van der Waals surface area contributed by atoms with Gasteiger partial charge in [-0.25, -0.2) is 9.59 Å². The number of hydrogen-bond acceptors (Lipinski definition) is 4. The summed E-state index contributed by atoms with van der Waals surface area (Å²) in [7, 11) is 1.30. The topological polar surface area (TPSA) is 133 Å². The summed E-state index contributed by atoms with van der Waals surface area (Å²) in [6, 6.07) is -1.92. The summed E-state index contributed by atoms with van der Waals surface area (Å²) in [5, 5.41) is 19.4. The van der Waals surface area contributed by atoms with Crippen LogP contribution in [0.25, 0.3) is 0 Å². The van der Waals surface area contributed by atoms with Crippen LogP contribution in [0.3, 0.4) is 0 Å². The molecule has 1 atom stereocenters. The lowest BCUT2D eigenvalue weighted by atomic mass is 10.2. The van der Waals surface area contributed by atoms with Crippen LogP contribution in [-0.2, 0) is 9.59 Å². The monoisotopic (exact) mass is 233 g/mol. The van der Waals surface area contributed by atoms with Crippen LogP contribution in [0.2, 0.25) is 0 Å². The number of carboxylic acids is 1. The third-order valence-corrected chi connectivity index (χ3v) is 1.75. The molecule has 0 aromatic carbocycles. The summed E-state index contributed by atoms with van der Waals surface area (Å²) >= 11 is 0. The van der Waals surface area contributed by atoms with Crippen LogP contribution in [0.5, 0.6) is 0 Å². The molecular formula is C8H15N3O5. The number of hydrogen-bond donors (Lipinski definition) is 4. The molecule has 3 amide bonds. The first-order valence-electron chi connectivity index (χ1n) is 4.52. The van der Waals surface area contributed by atoms with Crippen molar-refractivity contribution in [2.24, 2.45) is 5.73 Å². The molecule has 0 aliphatic rings. The number of carboxylic acid groups (broad SMARTS) is 1. The maximum absolute atomic E-state index is 11.3. The molecule has 0 saturated heterocycles. The summed E-state index contributed by atoms with van der Waals surface area (Å²) in [5.74, 6) is -1.96. The van der Waals surface area contributed by atoms with Gasteiger partial charge in [-0.15, -0.1) is 0 Å². The number of likely N-dealkylation sites (N-methyl/N-ethyl adjacent to an activating group) is 1. The second-order valence-electron chi connectivity index (χ2n) is 3.17. The molecule has 0 radical (unpaired) electrons. The molecule has 0 aromatic rings. The second-order valence-corrected chi connectivity index (χ2v) is 3.17. The summed E-state index contributed by atoms with van der Waals surface area (Å²) in [6.07, 6.45) is -0.106. The predicted molar refractivity (Wildman–Crippen MR) is 53.5 cm³/mol. The minimum absolute atomic E-state index is 0.106. The second kappa shape index (κ2) is 6.62. The molecule has 0 fully saturated rings. The number of aliphatic hydroxyl groups is 1. The summed E-state index contributed by atoms with van der Waals surface area (Å²) in [4.78, 5) is 33.4. The number of rotatable bonds is 6. The lowest BCUT2D eigenvalue weighted by Crippen LogP contribution is -2.48. The first kappa shape index (κ1) is 14.2. The van der Waals surface area contributed by atoms with Crippen LogP contribution >= 0.6 is 0 Å². The molecule has 16 heavy (non-hydrogen) atoms. The summed E-state index contributed by atoms with van der Waals surface area (Å²) in [5.41, 5.74) is 4.86. The van der Waals surface area contributed by atoms with Crippen LogP contribution in [-0.4, -0.2) is 59.3 Å². The standard InChI is InChI=1S/C8H15N3O5/c1-11(4-6(9)13)8(16)10-5(2-3-12)7(14)15/h5,12H,2-4H2,1H3,(H2,9,13)(H,10,16)(H,14,15)/t5-/m1/s1. The van der Waals surface area contributed by atoms with Crippen LogP contribution in [0.1, 0.15) is 6.42 Å². The van der Waals surface area contributed by atoms with E-state index in [1.54, 1.807) is 0 Å². The smallest absolute Gasteiger partial charge is 0.326 e. The Morgan fingerprint density at radius 1 is 1.44 bits per heavy atom. The van der Waals surface area contributed by atoms with E-state index in [0.717, 1.165) is 4.90 Å². The maximum Gasteiger partial charge on any atom is 0.326 e. The van der Waals surface area contributed by atoms with Crippen molar-refractivity contribution >= 4 is 17.9 Å². The Morgan fingerprint density at radius 2 is 2.00 bits per heavy atom. The maximum atomic E-state index is 11.3. The number of nitrogens with two attached hydrogens (primary N) is 1. The van der Waals surface area contributed by atoms with Gasteiger partial charge in [-0.1, -0.05) is 0 Å². The van der Waals surface area contributed by atoms with E-state index in [9.17, 15) is 14.4 Å². The Balaban J connectivity index is 4.28. The van der Waals surface area contributed by atoms with Crippen molar-refractivity contribution in [3.05, 3.63) is 0 Å². The van der Waals surface area contributed by atoms with Gasteiger partial charge < -0.3 is 26.2 Å². The van der Waals surface area contributed by atoms with E-state index in [0.29, 0.717) is 0 Å². The molecule has 0 spiro atoms. The molecule has 0 bridgehead atoms. The number of urea groups is 1. The zero-order valence-electron chi connectivity index (χ0n) is 8.84. The first-order valence-corrected chi connectivity index (χ1v) is 4.52. The normalized spacial score (nSPS) is 11.6. The molecule has 8 nitrogen and oxygen atoms in total. The molecule has 5 N–H and O–H groups in total. The van der Waals surface area contributed by atoms with Gasteiger partial charge >= 0.3 is 12.0 Å². The number of aliphatic carboxylic acids is 1. The van der Waals surface area contributed by atoms with E-state index >= 15 is 0 Å². The van der Waals surface area contributed by atoms with Crippen molar-refractivity contribution in [2.75, 3.05) is 20.2 Å². The lowest BCUT2D eigenvalue weighted by molar-refractivity contribution is -0.139.